The lowest BCUT2D eigenvalue weighted by Gasteiger charge is -2.13. The van der Waals surface area contributed by atoms with Crippen LogP contribution in [0.4, 0.5) is 11.9 Å². The highest BCUT2D eigenvalue weighted by atomic mass is 35.5. The number of hydrogen-bond donors (Lipinski definition) is 2. The molecular formula is C7H9ClN6O. The highest BCUT2D eigenvalue weighted by Gasteiger charge is 2.30. The van der Waals surface area contributed by atoms with E-state index in [1.165, 1.54) is 4.90 Å². The molecule has 0 radical (unpaired) electrons. The second-order valence-electron chi connectivity index (χ2n) is 3.23. The van der Waals surface area contributed by atoms with E-state index >= 15 is 0 Å². The lowest BCUT2D eigenvalue weighted by molar-refractivity contribution is -0.117. The van der Waals surface area contributed by atoms with Crippen molar-refractivity contribution in [3.63, 3.8) is 0 Å². The van der Waals surface area contributed by atoms with Gasteiger partial charge in [0.1, 0.15) is 0 Å². The number of nitrogen functional groups attached to an aromatic ring is 1. The van der Waals surface area contributed by atoms with Crippen LogP contribution in [0.1, 0.15) is 6.42 Å². The third-order valence-electron chi connectivity index (χ3n) is 2.01. The SMILES string of the molecule is Nc1nc(Cl)nc(N2CC(N)CC2=O)n1. The number of carbonyl (C=O) groups is 1. The molecule has 80 valence electrons. The first-order chi connectivity index (χ1) is 7.06. The van der Waals surface area contributed by atoms with Gasteiger partial charge in [0, 0.05) is 19.0 Å². The molecule has 15 heavy (non-hydrogen) atoms. The fourth-order valence-electron chi connectivity index (χ4n) is 1.40. The molecule has 4 N–H and O–H groups in total. The number of amides is 1. The van der Waals surface area contributed by atoms with Crippen molar-refractivity contribution in [2.75, 3.05) is 17.2 Å². The molecule has 0 aliphatic carbocycles. The van der Waals surface area contributed by atoms with Gasteiger partial charge in [0.15, 0.2) is 0 Å². The smallest absolute Gasteiger partial charge is 0.238 e. The highest BCUT2D eigenvalue weighted by molar-refractivity contribution is 6.28. The fraction of sp³-hybridized carbons (Fsp3) is 0.429. The van der Waals surface area contributed by atoms with Crippen molar-refractivity contribution in [1.82, 2.24) is 15.0 Å². The Morgan fingerprint density at radius 3 is 2.67 bits per heavy atom. The molecule has 1 fully saturated rings. The summed E-state index contributed by atoms with van der Waals surface area (Å²) in [5, 5.41) is -0.0363. The summed E-state index contributed by atoms with van der Waals surface area (Å²) < 4.78 is 0. The topological polar surface area (TPSA) is 111 Å². The van der Waals surface area contributed by atoms with Gasteiger partial charge in [0.05, 0.1) is 0 Å². The molecule has 7 nitrogen and oxygen atoms in total. The van der Waals surface area contributed by atoms with Crippen LogP contribution in [0.2, 0.25) is 5.28 Å². The van der Waals surface area contributed by atoms with Crippen molar-refractivity contribution < 1.29 is 4.79 Å². The Bertz CT molecular complexity index is 390. The second kappa shape index (κ2) is 3.59. The second-order valence-corrected chi connectivity index (χ2v) is 3.57. The van der Waals surface area contributed by atoms with Gasteiger partial charge in [0.25, 0.3) is 0 Å². The van der Waals surface area contributed by atoms with Gasteiger partial charge in [0.2, 0.25) is 23.1 Å². The molecule has 1 amide bonds. The molecule has 1 unspecified atom stereocenters. The lowest BCUT2D eigenvalue weighted by Crippen LogP contribution is -2.29. The Morgan fingerprint density at radius 1 is 1.40 bits per heavy atom. The molecule has 1 aromatic rings. The van der Waals surface area contributed by atoms with E-state index in [-0.39, 0.29) is 35.6 Å². The van der Waals surface area contributed by atoms with E-state index in [1.807, 2.05) is 0 Å². The summed E-state index contributed by atoms with van der Waals surface area (Å²) in [7, 11) is 0. The molecule has 2 rings (SSSR count). The zero-order valence-corrected chi connectivity index (χ0v) is 8.48. The predicted octanol–water partition coefficient (Wildman–Crippen LogP) is -0.829. The average molecular weight is 229 g/mol. The summed E-state index contributed by atoms with van der Waals surface area (Å²) in [6.45, 7) is 0.374. The normalized spacial score (nSPS) is 21.1. The number of aromatic nitrogens is 3. The predicted molar refractivity (Wildman–Crippen MR) is 54.2 cm³/mol. The molecule has 1 aliphatic rings. The van der Waals surface area contributed by atoms with E-state index in [0.717, 1.165) is 0 Å². The molecule has 0 saturated carbocycles. The first-order valence-electron chi connectivity index (χ1n) is 4.29. The van der Waals surface area contributed by atoms with Crippen molar-refractivity contribution in [2.45, 2.75) is 12.5 Å². The Hall–Kier alpha value is -1.47. The quantitative estimate of drug-likeness (QED) is 0.649. The van der Waals surface area contributed by atoms with Crippen molar-refractivity contribution in [3.8, 4) is 0 Å². The van der Waals surface area contributed by atoms with Crippen LogP contribution in [-0.4, -0.2) is 33.4 Å². The molecule has 0 bridgehead atoms. The molecule has 1 aliphatic heterocycles. The summed E-state index contributed by atoms with van der Waals surface area (Å²) in [5.41, 5.74) is 11.0. The van der Waals surface area contributed by atoms with Gasteiger partial charge >= 0.3 is 0 Å². The summed E-state index contributed by atoms with van der Waals surface area (Å²) in [6.07, 6.45) is 0.281. The van der Waals surface area contributed by atoms with Gasteiger partial charge in [-0.25, -0.2) is 0 Å². The van der Waals surface area contributed by atoms with Gasteiger partial charge in [-0.3, -0.25) is 9.69 Å². The van der Waals surface area contributed by atoms with E-state index in [2.05, 4.69) is 15.0 Å². The number of nitrogens with two attached hydrogens (primary N) is 2. The van der Waals surface area contributed by atoms with Crippen LogP contribution < -0.4 is 16.4 Å². The van der Waals surface area contributed by atoms with Crippen LogP contribution in [0, 0.1) is 0 Å². The van der Waals surface area contributed by atoms with Crippen LogP contribution in [0.15, 0.2) is 0 Å². The van der Waals surface area contributed by atoms with E-state index in [9.17, 15) is 4.79 Å². The maximum atomic E-state index is 11.5. The summed E-state index contributed by atoms with van der Waals surface area (Å²) >= 11 is 5.60. The molecule has 2 heterocycles. The number of rotatable bonds is 1. The van der Waals surface area contributed by atoms with Crippen LogP contribution in [-0.2, 0) is 4.79 Å². The first-order valence-corrected chi connectivity index (χ1v) is 4.67. The standard InChI is InChI=1S/C7H9ClN6O/c8-5-11-6(10)13-7(12-5)14-2-3(9)1-4(14)15/h3H,1-2,9H2,(H2,10,11,12,13). The summed E-state index contributed by atoms with van der Waals surface area (Å²) in [5.74, 6) is 0.00730. The minimum Gasteiger partial charge on any atom is -0.368 e. The van der Waals surface area contributed by atoms with Gasteiger partial charge in [-0.1, -0.05) is 0 Å². The number of hydrogen-bond acceptors (Lipinski definition) is 6. The average Bonchev–Trinajstić information content (AvgIpc) is 2.43. The molecule has 1 saturated heterocycles. The maximum absolute atomic E-state index is 11.5. The van der Waals surface area contributed by atoms with Crippen LogP contribution in [0.5, 0.6) is 0 Å². The Labute approximate surface area is 90.4 Å². The van der Waals surface area contributed by atoms with E-state index < -0.39 is 0 Å². The lowest BCUT2D eigenvalue weighted by atomic mass is 10.3. The first kappa shape index (κ1) is 10.1. The molecule has 0 aromatic carbocycles. The molecule has 8 heteroatoms. The third-order valence-corrected chi connectivity index (χ3v) is 2.18. The Kier molecular flexibility index (Phi) is 2.41. The van der Waals surface area contributed by atoms with Crippen molar-refractivity contribution in [3.05, 3.63) is 5.28 Å². The van der Waals surface area contributed by atoms with Gasteiger partial charge in [-0.2, -0.15) is 15.0 Å². The summed E-state index contributed by atoms with van der Waals surface area (Å²) in [6, 6.07) is -0.200. The van der Waals surface area contributed by atoms with E-state index in [4.69, 9.17) is 23.1 Å². The van der Waals surface area contributed by atoms with E-state index in [0.29, 0.717) is 6.54 Å². The zero-order chi connectivity index (χ0) is 11.0. The van der Waals surface area contributed by atoms with Gasteiger partial charge < -0.3 is 11.5 Å². The van der Waals surface area contributed by atoms with Gasteiger partial charge in [-0.15, -0.1) is 0 Å². The number of carbonyl (C=O) groups excluding carboxylic acids is 1. The van der Waals surface area contributed by atoms with E-state index in [1.54, 1.807) is 0 Å². The highest BCUT2D eigenvalue weighted by Crippen LogP contribution is 2.18. The number of anilines is 2. The molecule has 1 atom stereocenters. The minimum atomic E-state index is -0.200. The van der Waals surface area contributed by atoms with Crippen molar-refractivity contribution in [1.29, 1.82) is 0 Å². The zero-order valence-electron chi connectivity index (χ0n) is 7.72. The number of halogens is 1. The van der Waals surface area contributed by atoms with Gasteiger partial charge in [-0.05, 0) is 11.6 Å². The molecule has 0 spiro atoms. The van der Waals surface area contributed by atoms with Crippen LogP contribution >= 0.6 is 11.6 Å². The fourth-order valence-corrected chi connectivity index (χ4v) is 1.57. The summed E-state index contributed by atoms with van der Waals surface area (Å²) in [4.78, 5) is 24.1. The Balaban J connectivity index is 2.33. The third kappa shape index (κ3) is 1.97. The largest absolute Gasteiger partial charge is 0.368 e. The molecule has 1 aromatic heterocycles. The van der Waals surface area contributed by atoms with Crippen molar-refractivity contribution >= 4 is 29.4 Å². The maximum Gasteiger partial charge on any atom is 0.238 e. The molecular weight excluding hydrogens is 220 g/mol. The van der Waals surface area contributed by atoms with Crippen LogP contribution in [0.3, 0.4) is 0 Å². The van der Waals surface area contributed by atoms with Crippen molar-refractivity contribution in [2.24, 2.45) is 5.73 Å². The van der Waals surface area contributed by atoms with Crippen LogP contribution in [0.25, 0.3) is 0 Å². The minimum absolute atomic E-state index is 0.0155. The number of nitrogens with zero attached hydrogens (tertiary/aromatic N) is 4. The Morgan fingerprint density at radius 2 is 2.13 bits per heavy atom. The monoisotopic (exact) mass is 228 g/mol.